The minimum absolute atomic E-state index is 0.0881. The molecule has 0 radical (unpaired) electrons. The SMILES string of the molecule is CCOC(=O)Cc1ccccc1OCc1c(C(=O)CC(C)(C)C)oc2c(Br)cc(Cl)cc12. The van der Waals surface area contributed by atoms with Gasteiger partial charge in [-0.05, 0) is 46.5 Å². The van der Waals surface area contributed by atoms with E-state index < -0.39 is 0 Å². The van der Waals surface area contributed by atoms with E-state index in [0.29, 0.717) is 50.4 Å². The predicted molar refractivity (Wildman–Crippen MR) is 128 cm³/mol. The van der Waals surface area contributed by atoms with Crippen LogP contribution in [0.25, 0.3) is 11.0 Å². The van der Waals surface area contributed by atoms with Crippen molar-refractivity contribution < 1.29 is 23.5 Å². The average Bonchev–Trinajstić information content (AvgIpc) is 3.05. The van der Waals surface area contributed by atoms with Crippen molar-refractivity contribution in [2.45, 2.75) is 47.1 Å². The third-order valence-electron chi connectivity index (χ3n) is 4.74. The van der Waals surface area contributed by atoms with E-state index in [1.54, 1.807) is 25.1 Å². The number of para-hydroxylation sites is 1. The Kier molecular flexibility index (Phi) is 7.67. The molecular formula is C25H26BrClO5. The Morgan fingerprint density at radius 1 is 1.16 bits per heavy atom. The second kappa shape index (κ2) is 10.1. The molecule has 32 heavy (non-hydrogen) atoms. The Morgan fingerprint density at radius 3 is 2.56 bits per heavy atom. The van der Waals surface area contributed by atoms with Crippen LogP contribution in [-0.2, 0) is 22.6 Å². The van der Waals surface area contributed by atoms with Gasteiger partial charge in [-0.2, -0.15) is 0 Å². The van der Waals surface area contributed by atoms with Crippen molar-refractivity contribution in [2.24, 2.45) is 5.41 Å². The molecule has 0 saturated carbocycles. The molecule has 0 aliphatic heterocycles. The summed E-state index contributed by atoms with van der Waals surface area (Å²) in [4.78, 5) is 25.1. The number of carbonyl (C=O) groups is 2. The number of benzene rings is 2. The van der Waals surface area contributed by atoms with Crippen LogP contribution >= 0.6 is 27.5 Å². The molecule has 3 rings (SSSR count). The molecular weight excluding hydrogens is 496 g/mol. The Hall–Kier alpha value is -2.31. The van der Waals surface area contributed by atoms with E-state index in [-0.39, 0.29) is 36.0 Å². The second-order valence-corrected chi connectivity index (χ2v) is 10.0. The minimum atomic E-state index is -0.325. The Labute approximate surface area is 201 Å². The molecule has 0 fully saturated rings. The monoisotopic (exact) mass is 520 g/mol. The molecule has 3 aromatic rings. The number of ketones is 1. The van der Waals surface area contributed by atoms with Crippen molar-refractivity contribution in [3.63, 3.8) is 0 Å². The lowest BCUT2D eigenvalue weighted by molar-refractivity contribution is -0.142. The molecule has 7 heteroatoms. The lowest BCUT2D eigenvalue weighted by Gasteiger charge is -2.16. The van der Waals surface area contributed by atoms with Crippen LogP contribution in [0.3, 0.4) is 0 Å². The standard InChI is InChI=1S/C25H26BrClO5/c1-5-30-22(29)10-15-8-6-7-9-21(15)31-14-18-17-11-16(27)12-19(26)23(17)32-24(18)20(28)13-25(2,3)4/h6-9,11-12H,5,10,13-14H2,1-4H3. The quantitative estimate of drug-likeness (QED) is 0.232. The van der Waals surface area contributed by atoms with Crippen LogP contribution in [-0.4, -0.2) is 18.4 Å². The average molecular weight is 522 g/mol. The number of hydrogen-bond donors (Lipinski definition) is 0. The Balaban J connectivity index is 1.97. The molecule has 0 unspecified atom stereocenters. The molecule has 0 atom stereocenters. The maximum absolute atomic E-state index is 13.1. The van der Waals surface area contributed by atoms with Gasteiger partial charge in [-0.15, -0.1) is 0 Å². The third kappa shape index (κ3) is 5.93. The summed E-state index contributed by atoms with van der Waals surface area (Å²) in [6.07, 6.45) is 0.425. The van der Waals surface area contributed by atoms with Gasteiger partial charge in [-0.3, -0.25) is 9.59 Å². The van der Waals surface area contributed by atoms with Crippen LogP contribution in [0.5, 0.6) is 5.75 Å². The summed E-state index contributed by atoms with van der Waals surface area (Å²) in [5, 5.41) is 1.23. The molecule has 0 N–H and O–H groups in total. The van der Waals surface area contributed by atoms with E-state index in [0.717, 1.165) is 0 Å². The summed E-state index contributed by atoms with van der Waals surface area (Å²) in [5.41, 5.74) is 1.68. The lowest BCUT2D eigenvalue weighted by Crippen LogP contribution is -2.14. The summed E-state index contributed by atoms with van der Waals surface area (Å²) in [6, 6.07) is 10.8. The minimum Gasteiger partial charge on any atom is -0.488 e. The van der Waals surface area contributed by atoms with E-state index >= 15 is 0 Å². The first-order valence-electron chi connectivity index (χ1n) is 10.4. The van der Waals surface area contributed by atoms with Crippen LogP contribution < -0.4 is 4.74 Å². The third-order valence-corrected chi connectivity index (χ3v) is 5.55. The van der Waals surface area contributed by atoms with Crippen LogP contribution in [0.2, 0.25) is 5.02 Å². The number of furan rings is 1. The topological polar surface area (TPSA) is 65.7 Å². The molecule has 0 aliphatic carbocycles. The maximum atomic E-state index is 13.1. The highest BCUT2D eigenvalue weighted by atomic mass is 79.9. The van der Waals surface area contributed by atoms with E-state index in [9.17, 15) is 9.59 Å². The molecule has 2 aromatic carbocycles. The molecule has 5 nitrogen and oxygen atoms in total. The normalized spacial score (nSPS) is 11.6. The molecule has 0 bridgehead atoms. The van der Waals surface area contributed by atoms with E-state index in [1.807, 2.05) is 39.0 Å². The molecule has 0 saturated heterocycles. The smallest absolute Gasteiger partial charge is 0.310 e. The largest absolute Gasteiger partial charge is 0.488 e. The molecule has 1 heterocycles. The summed E-state index contributed by atoms with van der Waals surface area (Å²) in [7, 11) is 0. The van der Waals surface area contributed by atoms with Crippen LogP contribution in [0.1, 0.15) is 55.8 Å². The molecule has 0 aliphatic rings. The van der Waals surface area contributed by atoms with Crippen LogP contribution in [0.4, 0.5) is 0 Å². The molecule has 170 valence electrons. The van der Waals surface area contributed by atoms with Gasteiger partial charge in [0.1, 0.15) is 17.9 Å². The van der Waals surface area contributed by atoms with Gasteiger partial charge in [-0.1, -0.05) is 50.6 Å². The summed E-state index contributed by atoms with van der Waals surface area (Å²) in [5.74, 6) is 0.384. The zero-order valence-electron chi connectivity index (χ0n) is 18.6. The summed E-state index contributed by atoms with van der Waals surface area (Å²) >= 11 is 9.75. The first-order chi connectivity index (χ1) is 15.1. The van der Waals surface area contributed by atoms with Gasteiger partial charge in [-0.25, -0.2) is 0 Å². The summed E-state index contributed by atoms with van der Waals surface area (Å²) < 4.78 is 17.8. The van der Waals surface area contributed by atoms with Gasteiger partial charge in [0.15, 0.2) is 11.5 Å². The van der Waals surface area contributed by atoms with Crippen molar-refractivity contribution in [3.8, 4) is 5.75 Å². The number of carbonyl (C=O) groups excluding carboxylic acids is 2. The number of hydrogen-bond acceptors (Lipinski definition) is 5. The highest BCUT2D eigenvalue weighted by Gasteiger charge is 2.26. The van der Waals surface area contributed by atoms with Crippen molar-refractivity contribution in [1.82, 2.24) is 0 Å². The molecule has 1 aromatic heterocycles. The van der Waals surface area contributed by atoms with Crippen LogP contribution in [0, 0.1) is 5.41 Å². The summed E-state index contributed by atoms with van der Waals surface area (Å²) in [6.45, 7) is 8.18. The van der Waals surface area contributed by atoms with E-state index in [4.69, 9.17) is 25.5 Å². The number of ether oxygens (including phenoxy) is 2. The molecule has 0 amide bonds. The highest BCUT2D eigenvalue weighted by molar-refractivity contribution is 9.10. The Bertz CT molecular complexity index is 1140. The maximum Gasteiger partial charge on any atom is 0.310 e. The van der Waals surface area contributed by atoms with Gasteiger partial charge < -0.3 is 13.9 Å². The van der Waals surface area contributed by atoms with Crippen molar-refractivity contribution in [1.29, 1.82) is 0 Å². The van der Waals surface area contributed by atoms with Crippen molar-refractivity contribution in [3.05, 3.63) is 62.8 Å². The van der Waals surface area contributed by atoms with Crippen LogP contribution in [0.15, 0.2) is 45.3 Å². The van der Waals surface area contributed by atoms with Gasteiger partial charge in [0, 0.05) is 28.0 Å². The highest BCUT2D eigenvalue weighted by Crippen LogP contribution is 2.37. The zero-order valence-corrected chi connectivity index (χ0v) is 20.9. The first-order valence-corrected chi connectivity index (χ1v) is 11.6. The van der Waals surface area contributed by atoms with E-state index in [1.165, 1.54) is 0 Å². The number of fused-ring (bicyclic) bond motifs is 1. The fourth-order valence-corrected chi connectivity index (χ4v) is 4.30. The van der Waals surface area contributed by atoms with E-state index in [2.05, 4.69) is 15.9 Å². The zero-order chi connectivity index (χ0) is 23.5. The van der Waals surface area contributed by atoms with Gasteiger partial charge >= 0.3 is 5.97 Å². The fraction of sp³-hybridized carbons (Fsp3) is 0.360. The first kappa shape index (κ1) is 24.3. The molecule has 0 spiro atoms. The number of rotatable bonds is 8. The fourth-order valence-electron chi connectivity index (χ4n) is 3.41. The van der Waals surface area contributed by atoms with Gasteiger partial charge in [0.2, 0.25) is 0 Å². The van der Waals surface area contributed by atoms with Gasteiger partial charge in [0.05, 0.1) is 17.5 Å². The number of esters is 1. The Morgan fingerprint density at radius 2 is 1.88 bits per heavy atom. The van der Waals surface area contributed by atoms with Crippen molar-refractivity contribution in [2.75, 3.05) is 6.61 Å². The van der Waals surface area contributed by atoms with Crippen molar-refractivity contribution >= 4 is 50.3 Å². The number of halogens is 2. The number of Topliss-reactive ketones (excluding diaryl/α,β-unsaturated/α-hetero) is 1. The van der Waals surface area contributed by atoms with Gasteiger partial charge in [0.25, 0.3) is 0 Å². The predicted octanol–water partition coefficient (Wildman–Crippen LogP) is 7.15. The second-order valence-electron chi connectivity index (χ2n) is 8.71. The lowest BCUT2D eigenvalue weighted by atomic mass is 9.88.